The zero-order valence-corrected chi connectivity index (χ0v) is 14.6. The molecule has 2 rings (SSSR count). The van der Waals surface area contributed by atoms with E-state index < -0.39 is 0 Å². The van der Waals surface area contributed by atoms with Crippen LogP contribution in [-0.2, 0) is 0 Å². The summed E-state index contributed by atoms with van der Waals surface area (Å²) in [4.78, 5) is 14.2. The van der Waals surface area contributed by atoms with Crippen LogP contribution in [0.1, 0.15) is 41.5 Å². The van der Waals surface area contributed by atoms with Crippen LogP contribution in [0.4, 0.5) is 0 Å². The van der Waals surface area contributed by atoms with Gasteiger partial charge in [-0.1, -0.05) is 26.0 Å². The molecule has 0 spiro atoms. The fraction of sp³-hybridized carbons (Fsp3) is 0.444. The van der Waals surface area contributed by atoms with Gasteiger partial charge in [-0.05, 0) is 50.7 Å². The summed E-state index contributed by atoms with van der Waals surface area (Å²) in [6.07, 6.45) is 0. The molecule has 0 saturated heterocycles. The molecule has 0 aliphatic rings. The monoisotopic (exact) mass is 314 g/mol. The molecule has 0 bridgehead atoms. The lowest BCUT2D eigenvalue weighted by atomic mass is 10.0. The van der Waals surface area contributed by atoms with E-state index in [-0.39, 0.29) is 5.91 Å². The van der Waals surface area contributed by atoms with Crippen LogP contribution >= 0.6 is 0 Å². The van der Waals surface area contributed by atoms with Gasteiger partial charge in [-0.3, -0.25) is 4.79 Å². The Morgan fingerprint density at radius 3 is 2.48 bits per heavy atom. The van der Waals surface area contributed by atoms with Crippen LogP contribution in [0.3, 0.4) is 0 Å². The van der Waals surface area contributed by atoms with E-state index in [2.05, 4.69) is 36.4 Å². The van der Waals surface area contributed by atoms with Gasteiger partial charge in [-0.2, -0.15) is 5.10 Å². The lowest BCUT2D eigenvalue weighted by molar-refractivity contribution is 0.0945. The van der Waals surface area contributed by atoms with Crippen LogP contribution in [0.5, 0.6) is 0 Å². The molecule has 1 amide bonds. The van der Waals surface area contributed by atoms with Crippen molar-refractivity contribution >= 4 is 5.91 Å². The molecular weight excluding hydrogens is 288 g/mol. The van der Waals surface area contributed by atoms with E-state index in [9.17, 15) is 4.79 Å². The fourth-order valence-electron chi connectivity index (χ4n) is 2.33. The number of aryl methyl sites for hydroxylation is 1. The van der Waals surface area contributed by atoms with E-state index in [1.165, 1.54) is 5.56 Å². The first-order valence-corrected chi connectivity index (χ1v) is 7.98. The summed E-state index contributed by atoms with van der Waals surface area (Å²) in [5.41, 5.74) is 3.66. The number of nitrogens with one attached hydrogen (secondary N) is 1. The predicted molar refractivity (Wildman–Crippen MR) is 93.3 cm³/mol. The SMILES string of the molecule is Cc1cc(C(=O)NCCN(C)C)nn1-c1ccc(C(C)C)cc1. The van der Waals surface area contributed by atoms with Crippen molar-refractivity contribution in [3.8, 4) is 5.69 Å². The molecule has 1 N–H and O–H groups in total. The van der Waals surface area contributed by atoms with E-state index in [4.69, 9.17) is 0 Å². The number of aromatic nitrogens is 2. The molecule has 23 heavy (non-hydrogen) atoms. The highest BCUT2D eigenvalue weighted by Crippen LogP contribution is 2.18. The van der Waals surface area contributed by atoms with Gasteiger partial charge in [0.15, 0.2) is 5.69 Å². The number of likely N-dealkylation sites (N-methyl/N-ethyl adjacent to an activating group) is 1. The Balaban J connectivity index is 2.12. The number of hydrogen-bond acceptors (Lipinski definition) is 3. The fourth-order valence-corrected chi connectivity index (χ4v) is 2.33. The molecule has 1 heterocycles. The molecule has 5 heteroatoms. The number of nitrogens with zero attached hydrogens (tertiary/aromatic N) is 3. The van der Waals surface area contributed by atoms with E-state index in [1.807, 2.05) is 48.8 Å². The lowest BCUT2D eigenvalue weighted by Crippen LogP contribution is -2.31. The van der Waals surface area contributed by atoms with E-state index in [1.54, 1.807) is 0 Å². The number of carbonyl (C=O) groups is 1. The maximum atomic E-state index is 12.2. The maximum absolute atomic E-state index is 12.2. The first kappa shape index (κ1) is 17.2. The van der Waals surface area contributed by atoms with E-state index >= 15 is 0 Å². The van der Waals surface area contributed by atoms with Crippen molar-refractivity contribution in [3.05, 3.63) is 47.3 Å². The highest BCUT2D eigenvalue weighted by molar-refractivity contribution is 5.92. The van der Waals surface area contributed by atoms with Crippen molar-refractivity contribution in [1.82, 2.24) is 20.0 Å². The van der Waals surface area contributed by atoms with Gasteiger partial charge in [-0.15, -0.1) is 0 Å². The van der Waals surface area contributed by atoms with Gasteiger partial charge in [0.25, 0.3) is 5.91 Å². The zero-order valence-electron chi connectivity index (χ0n) is 14.6. The minimum absolute atomic E-state index is 0.132. The molecule has 1 aromatic heterocycles. The summed E-state index contributed by atoms with van der Waals surface area (Å²) >= 11 is 0. The normalized spacial score (nSPS) is 11.3. The summed E-state index contributed by atoms with van der Waals surface area (Å²) in [7, 11) is 3.96. The summed E-state index contributed by atoms with van der Waals surface area (Å²) in [5.74, 6) is 0.369. The summed E-state index contributed by atoms with van der Waals surface area (Å²) in [5, 5.41) is 7.33. The van der Waals surface area contributed by atoms with Crippen molar-refractivity contribution in [3.63, 3.8) is 0 Å². The second kappa shape index (κ2) is 7.42. The molecule has 2 aromatic rings. The Kier molecular flexibility index (Phi) is 5.55. The van der Waals surface area contributed by atoms with Gasteiger partial charge in [0.1, 0.15) is 0 Å². The van der Waals surface area contributed by atoms with Crippen molar-refractivity contribution < 1.29 is 4.79 Å². The molecule has 0 unspecified atom stereocenters. The van der Waals surface area contributed by atoms with Gasteiger partial charge < -0.3 is 10.2 Å². The zero-order chi connectivity index (χ0) is 17.0. The second-order valence-corrected chi connectivity index (χ2v) is 6.39. The Bertz CT molecular complexity index is 656. The average molecular weight is 314 g/mol. The number of rotatable bonds is 6. The van der Waals surface area contributed by atoms with Crippen molar-refractivity contribution in [2.24, 2.45) is 0 Å². The van der Waals surface area contributed by atoms with Gasteiger partial charge in [0.2, 0.25) is 0 Å². The molecule has 0 radical (unpaired) electrons. The molecule has 0 aliphatic carbocycles. The van der Waals surface area contributed by atoms with E-state index in [0.29, 0.717) is 18.2 Å². The number of carbonyl (C=O) groups excluding carboxylic acids is 1. The number of benzene rings is 1. The van der Waals surface area contributed by atoms with E-state index in [0.717, 1.165) is 17.9 Å². The lowest BCUT2D eigenvalue weighted by Gasteiger charge is -2.09. The largest absolute Gasteiger partial charge is 0.349 e. The van der Waals surface area contributed by atoms with Crippen LogP contribution < -0.4 is 5.32 Å². The van der Waals surface area contributed by atoms with Crippen molar-refractivity contribution in [2.45, 2.75) is 26.7 Å². The third-order valence-electron chi connectivity index (χ3n) is 3.77. The third kappa shape index (κ3) is 4.42. The molecule has 0 fully saturated rings. The molecule has 124 valence electrons. The number of hydrogen-bond donors (Lipinski definition) is 1. The first-order chi connectivity index (χ1) is 10.9. The molecule has 0 saturated carbocycles. The van der Waals surface area contributed by atoms with Gasteiger partial charge in [0.05, 0.1) is 5.69 Å². The summed E-state index contributed by atoms with van der Waals surface area (Å²) < 4.78 is 1.81. The molecule has 0 atom stereocenters. The standard InChI is InChI=1S/C18H26N4O/c1-13(2)15-6-8-16(9-7-15)22-14(3)12-17(20-22)18(23)19-10-11-21(4)5/h6-9,12-13H,10-11H2,1-5H3,(H,19,23). The number of amides is 1. The highest BCUT2D eigenvalue weighted by atomic mass is 16.1. The van der Waals surface area contributed by atoms with Crippen LogP contribution in [0.2, 0.25) is 0 Å². The second-order valence-electron chi connectivity index (χ2n) is 6.39. The van der Waals surface area contributed by atoms with Crippen LogP contribution in [-0.4, -0.2) is 47.8 Å². The van der Waals surface area contributed by atoms with Crippen LogP contribution in [0.25, 0.3) is 5.69 Å². The molecular formula is C18H26N4O. The minimum Gasteiger partial charge on any atom is -0.349 e. The Hall–Kier alpha value is -2.14. The summed E-state index contributed by atoms with van der Waals surface area (Å²) in [6, 6.07) is 10.1. The average Bonchev–Trinajstić information content (AvgIpc) is 2.89. The Labute approximate surface area is 138 Å². The quantitative estimate of drug-likeness (QED) is 0.891. The minimum atomic E-state index is -0.132. The van der Waals surface area contributed by atoms with Crippen molar-refractivity contribution in [2.75, 3.05) is 27.2 Å². The predicted octanol–water partition coefficient (Wildman–Crippen LogP) is 2.60. The highest BCUT2D eigenvalue weighted by Gasteiger charge is 2.13. The summed E-state index contributed by atoms with van der Waals surface area (Å²) in [6.45, 7) is 7.72. The maximum Gasteiger partial charge on any atom is 0.271 e. The Morgan fingerprint density at radius 2 is 1.91 bits per heavy atom. The van der Waals surface area contributed by atoms with Crippen molar-refractivity contribution in [1.29, 1.82) is 0 Å². The van der Waals surface area contributed by atoms with Gasteiger partial charge >= 0.3 is 0 Å². The first-order valence-electron chi connectivity index (χ1n) is 7.98. The molecule has 5 nitrogen and oxygen atoms in total. The van der Waals surface area contributed by atoms with Crippen LogP contribution in [0, 0.1) is 6.92 Å². The third-order valence-corrected chi connectivity index (χ3v) is 3.77. The van der Waals surface area contributed by atoms with Gasteiger partial charge in [0, 0.05) is 18.8 Å². The molecule has 1 aromatic carbocycles. The topological polar surface area (TPSA) is 50.2 Å². The van der Waals surface area contributed by atoms with Crippen LogP contribution in [0.15, 0.2) is 30.3 Å². The smallest absolute Gasteiger partial charge is 0.271 e. The Morgan fingerprint density at radius 1 is 1.26 bits per heavy atom. The molecule has 0 aliphatic heterocycles. The van der Waals surface area contributed by atoms with Gasteiger partial charge in [-0.25, -0.2) is 4.68 Å².